The zero-order valence-electron chi connectivity index (χ0n) is 15.3. The SMILES string of the molecule is Cc1ccccc1CNC(=O)[C@H]1CCCN(c2nc3ccc(Cl)cc3[nH]2)C1. The summed E-state index contributed by atoms with van der Waals surface area (Å²) >= 11 is 6.06. The van der Waals surface area contributed by atoms with Crippen LogP contribution in [-0.4, -0.2) is 29.0 Å². The summed E-state index contributed by atoms with van der Waals surface area (Å²) in [5.41, 5.74) is 4.17. The van der Waals surface area contributed by atoms with Crippen molar-refractivity contribution in [1.82, 2.24) is 15.3 Å². The van der Waals surface area contributed by atoms with Crippen LogP contribution in [0.1, 0.15) is 24.0 Å². The minimum Gasteiger partial charge on any atom is -0.352 e. The number of nitrogens with zero attached hydrogens (tertiary/aromatic N) is 2. The molecule has 0 radical (unpaired) electrons. The second kappa shape index (κ2) is 7.61. The van der Waals surface area contributed by atoms with Gasteiger partial charge in [-0.3, -0.25) is 4.79 Å². The molecule has 1 saturated heterocycles. The molecule has 2 heterocycles. The Morgan fingerprint density at radius 2 is 2.19 bits per heavy atom. The van der Waals surface area contributed by atoms with E-state index in [9.17, 15) is 4.79 Å². The number of H-pyrrole nitrogens is 1. The van der Waals surface area contributed by atoms with Crippen LogP contribution in [0.15, 0.2) is 42.5 Å². The van der Waals surface area contributed by atoms with Crippen LogP contribution in [0.5, 0.6) is 0 Å². The quantitative estimate of drug-likeness (QED) is 0.715. The van der Waals surface area contributed by atoms with Crippen molar-refractivity contribution in [3.8, 4) is 0 Å². The number of anilines is 1. The minimum atomic E-state index is -0.0282. The third kappa shape index (κ3) is 3.93. The van der Waals surface area contributed by atoms with Crippen molar-refractivity contribution in [3.05, 3.63) is 58.6 Å². The molecule has 6 heteroatoms. The number of imidazole rings is 1. The average molecular weight is 383 g/mol. The molecule has 0 saturated carbocycles. The number of benzene rings is 2. The predicted octanol–water partition coefficient (Wildman–Crippen LogP) is 4.06. The lowest BCUT2D eigenvalue weighted by molar-refractivity contribution is -0.125. The molecule has 140 valence electrons. The first-order chi connectivity index (χ1) is 13.1. The number of piperidine rings is 1. The van der Waals surface area contributed by atoms with Crippen LogP contribution in [0.3, 0.4) is 0 Å². The number of nitrogens with one attached hydrogen (secondary N) is 2. The zero-order chi connectivity index (χ0) is 18.8. The van der Waals surface area contributed by atoms with E-state index in [0.29, 0.717) is 18.1 Å². The third-order valence-corrected chi connectivity index (χ3v) is 5.47. The zero-order valence-corrected chi connectivity index (χ0v) is 16.1. The first-order valence-electron chi connectivity index (χ1n) is 9.32. The average Bonchev–Trinajstić information content (AvgIpc) is 3.10. The Bertz CT molecular complexity index is 968. The van der Waals surface area contributed by atoms with Crippen LogP contribution in [0.4, 0.5) is 5.95 Å². The summed E-state index contributed by atoms with van der Waals surface area (Å²) in [6.07, 6.45) is 1.88. The molecule has 3 aromatic rings. The first kappa shape index (κ1) is 17.9. The number of carbonyl (C=O) groups excluding carboxylic acids is 1. The molecule has 1 aromatic heterocycles. The van der Waals surface area contributed by atoms with Crippen molar-refractivity contribution in [1.29, 1.82) is 0 Å². The molecule has 0 spiro atoms. The van der Waals surface area contributed by atoms with Gasteiger partial charge in [-0.25, -0.2) is 4.98 Å². The molecule has 1 atom stereocenters. The van der Waals surface area contributed by atoms with E-state index in [1.54, 1.807) is 0 Å². The Hall–Kier alpha value is -2.53. The number of rotatable bonds is 4. The van der Waals surface area contributed by atoms with Gasteiger partial charge in [-0.15, -0.1) is 0 Å². The standard InChI is InChI=1S/C21H23ClN4O/c1-14-5-2-3-6-15(14)12-23-20(27)16-7-4-10-26(13-16)21-24-18-9-8-17(22)11-19(18)25-21/h2-3,5-6,8-9,11,16H,4,7,10,12-13H2,1H3,(H,23,27)(H,24,25)/t16-/m0/s1. The van der Waals surface area contributed by atoms with Gasteiger partial charge in [0.1, 0.15) is 0 Å². The Kier molecular flexibility index (Phi) is 5.03. The third-order valence-electron chi connectivity index (χ3n) is 5.24. The molecule has 1 aliphatic heterocycles. The van der Waals surface area contributed by atoms with Gasteiger partial charge in [0.05, 0.1) is 17.0 Å². The van der Waals surface area contributed by atoms with Gasteiger partial charge in [0.15, 0.2) is 0 Å². The molecule has 0 bridgehead atoms. The Balaban J connectivity index is 1.42. The monoisotopic (exact) mass is 382 g/mol. The van der Waals surface area contributed by atoms with Crippen LogP contribution in [0, 0.1) is 12.8 Å². The van der Waals surface area contributed by atoms with Gasteiger partial charge >= 0.3 is 0 Å². The lowest BCUT2D eigenvalue weighted by Gasteiger charge is -2.31. The normalized spacial score (nSPS) is 17.3. The van der Waals surface area contributed by atoms with Crippen molar-refractivity contribution in [3.63, 3.8) is 0 Å². The molecule has 27 heavy (non-hydrogen) atoms. The smallest absolute Gasteiger partial charge is 0.225 e. The van der Waals surface area contributed by atoms with E-state index in [1.807, 2.05) is 30.3 Å². The number of fused-ring (bicyclic) bond motifs is 1. The van der Waals surface area contributed by atoms with Gasteiger partial charge in [-0.05, 0) is 49.1 Å². The van der Waals surface area contributed by atoms with Crippen molar-refractivity contribution in [2.24, 2.45) is 5.92 Å². The number of carbonyl (C=O) groups is 1. The molecule has 2 N–H and O–H groups in total. The fourth-order valence-corrected chi connectivity index (χ4v) is 3.81. The molecule has 1 aliphatic rings. The van der Waals surface area contributed by atoms with Crippen molar-refractivity contribution in [2.75, 3.05) is 18.0 Å². The molecule has 1 fully saturated rings. The minimum absolute atomic E-state index is 0.0282. The van der Waals surface area contributed by atoms with E-state index < -0.39 is 0 Å². The maximum Gasteiger partial charge on any atom is 0.225 e. The van der Waals surface area contributed by atoms with Crippen molar-refractivity contribution >= 4 is 34.5 Å². The van der Waals surface area contributed by atoms with E-state index in [4.69, 9.17) is 11.6 Å². The van der Waals surface area contributed by atoms with Gasteiger partial charge in [-0.1, -0.05) is 35.9 Å². The Morgan fingerprint density at radius 3 is 3.04 bits per heavy atom. The van der Waals surface area contributed by atoms with Crippen LogP contribution < -0.4 is 10.2 Å². The lowest BCUT2D eigenvalue weighted by Crippen LogP contribution is -2.43. The van der Waals surface area contributed by atoms with Gasteiger partial charge in [0, 0.05) is 24.7 Å². The number of aromatic nitrogens is 2. The fraction of sp³-hybridized carbons (Fsp3) is 0.333. The van der Waals surface area contributed by atoms with Crippen LogP contribution >= 0.6 is 11.6 Å². The summed E-state index contributed by atoms with van der Waals surface area (Å²) in [6.45, 7) is 4.21. The number of hydrogen-bond donors (Lipinski definition) is 2. The number of aryl methyl sites for hydroxylation is 1. The van der Waals surface area contributed by atoms with E-state index in [0.717, 1.165) is 41.9 Å². The molecular weight excluding hydrogens is 360 g/mol. The second-order valence-electron chi connectivity index (χ2n) is 7.15. The summed E-state index contributed by atoms with van der Waals surface area (Å²) in [5, 5.41) is 3.79. The van der Waals surface area contributed by atoms with E-state index >= 15 is 0 Å². The largest absolute Gasteiger partial charge is 0.352 e. The molecule has 4 rings (SSSR count). The van der Waals surface area contributed by atoms with Gasteiger partial charge in [0.25, 0.3) is 0 Å². The number of aromatic amines is 1. The van der Waals surface area contributed by atoms with Crippen LogP contribution in [0.25, 0.3) is 11.0 Å². The molecule has 1 amide bonds. The molecular formula is C21H23ClN4O. The summed E-state index contributed by atoms with van der Waals surface area (Å²) in [6, 6.07) is 13.8. The number of halogens is 1. The topological polar surface area (TPSA) is 61.0 Å². The van der Waals surface area contributed by atoms with E-state index in [1.165, 1.54) is 5.56 Å². The van der Waals surface area contributed by atoms with Gasteiger partial charge in [0.2, 0.25) is 11.9 Å². The van der Waals surface area contributed by atoms with Gasteiger partial charge < -0.3 is 15.2 Å². The van der Waals surface area contributed by atoms with Crippen molar-refractivity contribution < 1.29 is 4.79 Å². The summed E-state index contributed by atoms with van der Waals surface area (Å²) < 4.78 is 0. The highest BCUT2D eigenvalue weighted by molar-refractivity contribution is 6.31. The van der Waals surface area contributed by atoms with E-state index in [-0.39, 0.29) is 11.8 Å². The Labute approximate surface area is 163 Å². The van der Waals surface area contributed by atoms with Crippen LogP contribution in [0.2, 0.25) is 5.02 Å². The van der Waals surface area contributed by atoms with Gasteiger partial charge in [-0.2, -0.15) is 0 Å². The molecule has 5 nitrogen and oxygen atoms in total. The van der Waals surface area contributed by atoms with E-state index in [2.05, 4.69) is 39.2 Å². The second-order valence-corrected chi connectivity index (χ2v) is 7.59. The summed E-state index contributed by atoms with van der Waals surface area (Å²) in [4.78, 5) is 22.8. The Morgan fingerprint density at radius 1 is 1.33 bits per heavy atom. The summed E-state index contributed by atoms with van der Waals surface area (Å²) in [7, 11) is 0. The van der Waals surface area contributed by atoms with Crippen molar-refractivity contribution in [2.45, 2.75) is 26.3 Å². The fourth-order valence-electron chi connectivity index (χ4n) is 3.64. The molecule has 0 unspecified atom stereocenters. The maximum atomic E-state index is 12.7. The van der Waals surface area contributed by atoms with Crippen LogP contribution in [-0.2, 0) is 11.3 Å². The number of hydrogen-bond acceptors (Lipinski definition) is 3. The number of amides is 1. The lowest BCUT2D eigenvalue weighted by atomic mass is 9.97. The highest BCUT2D eigenvalue weighted by Crippen LogP contribution is 2.25. The molecule has 0 aliphatic carbocycles. The highest BCUT2D eigenvalue weighted by Gasteiger charge is 2.27. The summed E-state index contributed by atoms with van der Waals surface area (Å²) in [5.74, 6) is 0.894. The maximum absolute atomic E-state index is 12.7. The predicted molar refractivity (Wildman–Crippen MR) is 109 cm³/mol. The highest BCUT2D eigenvalue weighted by atomic mass is 35.5. The first-order valence-corrected chi connectivity index (χ1v) is 9.70. The molecule has 2 aromatic carbocycles.